The molecule has 0 aliphatic carbocycles. The van der Waals surface area contributed by atoms with Crippen molar-refractivity contribution in [2.45, 2.75) is 101 Å². The van der Waals surface area contributed by atoms with Gasteiger partial charge in [0.15, 0.2) is 18.2 Å². The fraction of sp³-hybridized carbons (Fsp3) is 0.567. The molecule has 0 saturated carbocycles. The summed E-state index contributed by atoms with van der Waals surface area (Å²) >= 11 is 0. The second kappa shape index (κ2) is 14.6. The summed E-state index contributed by atoms with van der Waals surface area (Å²) in [5.41, 5.74) is 0.529. The van der Waals surface area contributed by atoms with Gasteiger partial charge in [-0.1, -0.05) is 12.1 Å². The van der Waals surface area contributed by atoms with Crippen LogP contribution in [0.4, 0.5) is 0 Å². The van der Waals surface area contributed by atoms with Gasteiger partial charge in [0.2, 0.25) is 6.29 Å². The molecule has 0 radical (unpaired) electrons. The molecule has 2 fully saturated rings. The quantitative estimate of drug-likeness (QED) is 0.188. The van der Waals surface area contributed by atoms with Gasteiger partial charge in [-0.15, -0.1) is 0 Å². The summed E-state index contributed by atoms with van der Waals surface area (Å²) in [6.45, 7) is 4.16. The third kappa shape index (κ3) is 7.84. The fourth-order valence-corrected chi connectivity index (χ4v) is 5.07. The van der Waals surface area contributed by atoms with Gasteiger partial charge in [-0.2, -0.15) is 0 Å². The Labute approximate surface area is 258 Å². The number of hydrogen-bond donors (Lipinski definition) is 9. The maximum Gasteiger partial charge on any atom is 0.229 e. The number of rotatable bonds is 6. The first-order valence-electron chi connectivity index (χ1n) is 14.4. The van der Waals surface area contributed by atoms with Crippen LogP contribution in [0.3, 0.4) is 0 Å². The highest BCUT2D eigenvalue weighted by Gasteiger charge is 2.51. The van der Waals surface area contributed by atoms with E-state index in [2.05, 4.69) is 0 Å². The van der Waals surface area contributed by atoms with Crippen molar-refractivity contribution < 1.29 is 74.4 Å². The first kappa shape index (κ1) is 34.8. The normalized spacial score (nSPS) is 34.7. The summed E-state index contributed by atoms with van der Waals surface area (Å²) in [7, 11) is 0. The lowest BCUT2D eigenvalue weighted by Gasteiger charge is -2.45. The van der Waals surface area contributed by atoms with Crippen LogP contribution in [0.15, 0.2) is 36.4 Å². The number of carbonyl (C=O) groups is 1. The molecule has 5 rings (SSSR count). The van der Waals surface area contributed by atoms with Crippen LogP contribution in [0.1, 0.15) is 49.2 Å². The van der Waals surface area contributed by atoms with E-state index in [0.29, 0.717) is 5.56 Å². The van der Waals surface area contributed by atoms with E-state index in [9.17, 15) is 45.6 Å². The second-order valence-electron chi connectivity index (χ2n) is 11.3. The number of fused-ring (bicyclic) bond motifs is 1. The number of aliphatic hydroxyl groups is 7. The smallest absolute Gasteiger partial charge is 0.229 e. The van der Waals surface area contributed by atoms with Gasteiger partial charge < -0.3 is 69.6 Å². The molecule has 250 valence electrons. The Hall–Kier alpha value is -3.09. The van der Waals surface area contributed by atoms with Crippen molar-refractivity contribution in [1.82, 2.24) is 0 Å². The summed E-state index contributed by atoms with van der Waals surface area (Å²) < 4.78 is 28.6. The van der Waals surface area contributed by atoms with Gasteiger partial charge in [0.1, 0.15) is 71.3 Å². The standard InChI is InChI=1S/C27H32O14.C3H8O/c1-10-20(32)22(34)24(36)26(37-10)41-25-23(35)21(33)18(9-28)40-27(25)38-13-6-14(30)19-15(31)8-16(39-17(19)7-13)11-2-4-12(29)5-3-11;1-3(2)4/h2-7,10,16,18,20-30,32-36H,8-9H2,1H3;3-4H,1-2H3. The Balaban J connectivity index is 0.00000109. The molecule has 0 aromatic heterocycles. The molecule has 3 aliphatic rings. The third-order valence-corrected chi connectivity index (χ3v) is 7.42. The Kier molecular flexibility index (Phi) is 11.2. The average Bonchev–Trinajstić information content (AvgIpc) is 2.97. The predicted molar refractivity (Wildman–Crippen MR) is 152 cm³/mol. The van der Waals surface area contributed by atoms with Gasteiger partial charge in [-0.05, 0) is 38.5 Å². The van der Waals surface area contributed by atoms with Crippen LogP contribution in [-0.4, -0.2) is 126 Å². The van der Waals surface area contributed by atoms with Gasteiger partial charge in [-0.25, -0.2) is 0 Å². The Morgan fingerprint density at radius 3 is 2.16 bits per heavy atom. The number of carbonyl (C=O) groups excluding carboxylic acids is 1. The third-order valence-electron chi connectivity index (χ3n) is 7.42. The first-order chi connectivity index (χ1) is 21.2. The molecular weight excluding hydrogens is 600 g/mol. The second-order valence-corrected chi connectivity index (χ2v) is 11.3. The van der Waals surface area contributed by atoms with Crippen LogP contribution in [0, 0.1) is 0 Å². The minimum Gasteiger partial charge on any atom is -0.508 e. The zero-order valence-corrected chi connectivity index (χ0v) is 24.8. The predicted octanol–water partition coefficient (Wildman–Crippen LogP) is -0.778. The number of Topliss-reactive ketones (excluding diaryl/α,β-unsaturated/α-hetero) is 1. The zero-order valence-electron chi connectivity index (χ0n) is 24.8. The fourth-order valence-electron chi connectivity index (χ4n) is 5.07. The van der Waals surface area contributed by atoms with Gasteiger partial charge in [0.05, 0.1) is 19.1 Å². The molecule has 0 bridgehead atoms. The maximum absolute atomic E-state index is 12.9. The highest BCUT2D eigenvalue weighted by molar-refractivity contribution is 6.02. The highest BCUT2D eigenvalue weighted by Crippen LogP contribution is 2.43. The van der Waals surface area contributed by atoms with Crippen LogP contribution < -0.4 is 9.47 Å². The number of aliphatic hydroxyl groups excluding tert-OH is 7. The summed E-state index contributed by atoms with van der Waals surface area (Å²) in [5.74, 6) is -0.947. The van der Waals surface area contributed by atoms with E-state index >= 15 is 0 Å². The van der Waals surface area contributed by atoms with Crippen molar-refractivity contribution >= 4 is 5.78 Å². The minimum absolute atomic E-state index is 0.0149. The van der Waals surface area contributed by atoms with Crippen LogP contribution in [0.25, 0.3) is 0 Å². The molecule has 2 aromatic carbocycles. The summed E-state index contributed by atoms with van der Waals surface area (Å²) in [6, 6.07) is 8.50. The van der Waals surface area contributed by atoms with Crippen molar-refractivity contribution in [3.63, 3.8) is 0 Å². The van der Waals surface area contributed by atoms with Gasteiger partial charge in [-0.3, -0.25) is 4.79 Å². The molecule has 2 aromatic rings. The number of hydrogen-bond acceptors (Lipinski definition) is 15. The van der Waals surface area contributed by atoms with Crippen molar-refractivity contribution in [2.24, 2.45) is 0 Å². The lowest BCUT2D eigenvalue weighted by molar-refractivity contribution is -0.354. The first-order valence-corrected chi connectivity index (χ1v) is 14.4. The van der Waals surface area contributed by atoms with E-state index in [4.69, 9.17) is 28.8 Å². The molecule has 0 spiro atoms. The van der Waals surface area contributed by atoms with Gasteiger partial charge in [0, 0.05) is 18.2 Å². The van der Waals surface area contributed by atoms with E-state index in [-0.39, 0.29) is 35.3 Å². The lowest BCUT2D eigenvalue weighted by atomic mass is 9.95. The average molecular weight is 641 g/mol. The van der Waals surface area contributed by atoms with Crippen LogP contribution in [0.5, 0.6) is 23.0 Å². The molecular formula is C30H40O15. The number of phenols is 2. The van der Waals surface area contributed by atoms with Gasteiger partial charge >= 0.3 is 0 Å². The molecule has 3 aliphatic heterocycles. The van der Waals surface area contributed by atoms with E-state index < -0.39 is 85.7 Å². The van der Waals surface area contributed by atoms with Crippen LogP contribution in [-0.2, 0) is 14.2 Å². The Morgan fingerprint density at radius 2 is 1.53 bits per heavy atom. The SMILES string of the molecule is CC(C)O.CC1OC(OC2C(Oc3cc(O)c4c(c3)OC(c3ccc(O)cc3)CC4=O)OC(CO)C(O)C2O)C(O)C(O)C1O. The molecule has 9 N–H and O–H groups in total. The monoisotopic (exact) mass is 640 g/mol. The Morgan fingerprint density at radius 1 is 0.889 bits per heavy atom. The van der Waals surface area contributed by atoms with Crippen molar-refractivity contribution in [1.29, 1.82) is 0 Å². The van der Waals surface area contributed by atoms with Crippen molar-refractivity contribution in [3.8, 4) is 23.0 Å². The van der Waals surface area contributed by atoms with E-state index in [1.54, 1.807) is 26.0 Å². The summed E-state index contributed by atoms with van der Waals surface area (Å²) in [5, 5.41) is 89.7. The molecule has 15 heteroatoms. The highest BCUT2D eigenvalue weighted by atomic mass is 16.8. The largest absolute Gasteiger partial charge is 0.508 e. The van der Waals surface area contributed by atoms with Crippen LogP contribution >= 0.6 is 0 Å². The summed E-state index contributed by atoms with van der Waals surface area (Å²) in [4.78, 5) is 12.9. The maximum atomic E-state index is 12.9. The molecule has 11 unspecified atom stereocenters. The van der Waals surface area contributed by atoms with Crippen molar-refractivity contribution in [3.05, 3.63) is 47.5 Å². The number of benzene rings is 2. The van der Waals surface area contributed by atoms with E-state index in [1.807, 2.05) is 0 Å². The molecule has 0 amide bonds. The number of ketones is 1. The zero-order chi connectivity index (χ0) is 33.2. The Bertz CT molecular complexity index is 1280. The lowest BCUT2D eigenvalue weighted by Crippen LogP contribution is -2.64. The van der Waals surface area contributed by atoms with E-state index in [1.165, 1.54) is 25.1 Å². The molecule has 2 saturated heterocycles. The van der Waals surface area contributed by atoms with Crippen LogP contribution in [0.2, 0.25) is 0 Å². The molecule has 45 heavy (non-hydrogen) atoms. The van der Waals surface area contributed by atoms with Gasteiger partial charge in [0.25, 0.3) is 0 Å². The van der Waals surface area contributed by atoms with Crippen molar-refractivity contribution in [2.75, 3.05) is 6.61 Å². The molecule has 15 nitrogen and oxygen atoms in total. The summed E-state index contributed by atoms with van der Waals surface area (Å²) in [6.07, 6.45) is -16.2. The molecule has 3 heterocycles. The topological polar surface area (TPSA) is 245 Å². The minimum atomic E-state index is -1.75. The number of phenolic OH excluding ortho intramolecular Hbond substituents is 2. The number of aromatic hydroxyl groups is 2. The number of ether oxygens (including phenoxy) is 5. The van der Waals surface area contributed by atoms with E-state index in [0.717, 1.165) is 6.07 Å². The molecule has 11 atom stereocenters.